The molecule has 0 unspecified atom stereocenters. The summed E-state index contributed by atoms with van der Waals surface area (Å²) in [5.41, 5.74) is 0.188. The van der Waals surface area contributed by atoms with E-state index in [4.69, 9.17) is 11.6 Å². The Morgan fingerprint density at radius 3 is 2.84 bits per heavy atom. The molecule has 0 aliphatic rings. The molecule has 0 spiro atoms. The number of nitro groups is 1. The zero-order valence-corrected chi connectivity index (χ0v) is 10.6. The predicted molar refractivity (Wildman–Crippen MR) is 69.4 cm³/mol. The van der Waals surface area contributed by atoms with Crippen molar-refractivity contribution in [3.63, 3.8) is 0 Å². The van der Waals surface area contributed by atoms with Crippen LogP contribution in [0.1, 0.15) is 15.9 Å². The number of benzene rings is 1. The third-order valence-corrected chi connectivity index (χ3v) is 2.80. The molecular weight excluding hydrogens is 272 g/mol. The van der Waals surface area contributed by atoms with Gasteiger partial charge in [-0.05, 0) is 13.0 Å². The van der Waals surface area contributed by atoms with Crippen LogP contribution in [0.5, 0.6) is 0 Å². The topological polar surface area (TPSA) is 101 Å². The number of hydrogen-bond acceptors (Lipinski definition) is 4. The molecule has 1 amide bonds. The molecule has 0 saturated heterocycles. The van der Waals surface area contributed by atoms with Crippen molar-refractivity contribution >= 4 is 29.0 Å². The smallest absolute Gasteiger partial charge is 0.283 e. The summed E-state index contributed by atoms with van der Waals surface area (Å²) in [6.07, 6.45) is 1.52. The van der Waals surface area contributed by atoms with Gasteiger partial charge < -0.3 is 5.32 Å². The van der Waals surface area contributed by atoms with E-state index in [1.54, 1.807) is 6.92 Å². The molecule has 0 saturated carbocycles. The van der Waals surface area contributed by atoms with E-state index in [9.17, 15) is 14.9 Å². The first-order valence-electron chi connectivity index (χ1n) is 5.25. The van der Waals surface area contributed by atoms with Gasteiger partial charge in [-0.25, -0.2) is 0 Å². The van der Waals surface area contributed by atoms with Gasteiger partial charge in [-0.1, -0.05) is 17.7 Å². The number of nitro benzene ring substituents is 1. The number of amides is 1. The molecule has 19 heavy (non-hydrogen) atoms. The summed E-state index contributed by atoms with van der Waals surface area (Å²) in [6, 6.07) is 4.06. The molecule has 0 fully saturated rings. The lowest BCUT2D eigenvalue weighted by atomic mass is 10.1. The number of H-pyrrole nitrogens is 1. The van der Waals surface area contributed by atoms with Crippen molar-refractivity contribution in [2.75, 3.05) is 5.32 Å². The third kappa shape index (κ3) is 2.55. The van der Waals surface area contributed by atoms with Gasteiger partial charge >= 0.3 is 0 Å². The Kier molecular flexibility index (Phi) is 3.48. The lowest BCUT2D eigenvalue weighted by Crippen LogP contribution is -2.15. The molecule has 98 valence electrons. The van der Waals surface area contributed by atoms with Crippen LogP contribution >= 0.6 is 11.6 Å². The van der Waals surface area contributed by atoms with Crippen LogP contribution in [0.3, 0.4) is 0 Å². The Morgan fingerprint density at radius 1 is 1.53 bits per heavy atom. The monoisotopic (exact) mass is 280 g/mol. The normalized spacial score (nSPS) is 10.2. The van der Waals surface area contributed by atoms with Crippen LogP contribution in [0.25, 0.3) is 0 Å². The van der Waals surface area contributed by atoms with Crippen molar-refractivity contribution in [2.24, 2.45) is 0 Å². The number of carbonyl (C=O) groups excluding carboxylic acids is 1. The summed E-state index contributed by atoms with van der Waals surface area (Å²) in [4.78, 5) is 22.3. The highest BCUT2D eigenvalue weighted by Crippen LogP contribution is 2.27. The van der Waals surface area contributed by atoms with E-state index in [-0.39, 0.29) is 16.3 Å². The van der Waals surface area contributed by atoms with Crippen LogP contribution in [0.2, 0.25) is 5.02 Å². The van der Waals surface area contributed by atoms with Gasteiger partial charge in [-0.3, -0.25) is 20.0 Å². The van der Waals surface area contributed by atoms with Gasteiger partial charge in [0.2, 0.25) is 0 Å². The minimum absolute atomic E-state index is 0.0175. The molecule has 0 aliphatic carbocycles. The second-order valence-electron chi connectivity index (χ2n) is 3.77. The molecule has 7 nitrogen and oxygen atoms in total. The number of carbonyl (C=O) groups is 1. The summed E-state index contributed by atoms with van der Waals surface area (Å²) in [7, 11) is 0. The average Bonchev–Trinajstić information content (AvgIpc) is 2.74. The third-order valence-electron chi connectivity index (χ3n) is 2.48. The fourth-order valence-corrected chi connectivity index (χ4v) is 1.79. The zero-order chi connectivity index (χ0) is 14.0. The minimum atomic E-state index is -0.662. The van der Waals surface area contributed by atoms with Gasteiger partial charge in [0.25, 0.3) is 11.6 Å². The van der Waals surface area contributed by atoms with E-state index in [0.717, 1.165) is 0 Å². The van der Waals surface area contributed by atoms with Crippen LogP contribution < -0.4 is 5.32 Å². The van der Waals surface area contributed by atoms with Crippen molar-refractivity contribution < 1.29 is 9.72 Å². The van der Waals surface area contributed by atoms with Gasteiger partial charge in [-0.15, -0.1) is 0 Å². The van der Waals surface area contributed by atoms with Crippen molar-refractivity contribution in [2.45, 2.75) is 6.92 Å². The number of aryl methyl sites for hydroxylation is 1. The zero-order valence-electron chi connectivity index (χ0n) is 9.81. The van der Waals surface area contributed by atoms with E-state index in [1.807, 2.05) is 0 Å². The molecule has 1 heterocycles. The molecule has 0 radical (unpaired) electrons. The Morgan fingerprint density at radius 2 is 2.26 bits per heavy atom. The quantitative estimate of drug-likeness (QED) is 0.666. The van der Waals surface area contributed by atoms with Crippen LogP contribution in [0, 0.1) is 17.0 Å². The molecule has 2 rings (SSSR count). The van der Waals surface area contributed by atoms with E-state index >= 15 is 0 Å². The largest absolute Gasteiger partial charge is 0.306 e. The molecule has 2 N–H and O–H groups in total. The van der Waals surface area contributed by atoms with Crippen molar-refractivity contribution in [1.29, 1.82) is 0 Å². The minimum Gasteiger partial charge on any atom is -0.306 e. The summed E-state index contributed by atoms with van der Waals surface area (Å²) in [5, 5.41) is 19.7. The van der Waals surface area contributed by atoms with Crippen molar-refractivity contribution in [3.8, 4) is 0 Å². The van der Waals surface area contributed by atoms with Gasteiger partial charge in [0.15, 0.2) is 0 Å². The SMILES string of the molecule is Cc1cn[nH]c1NC(=O)c1c(Cl)cccc1[N+](=O)[O-]. The lowest BCUT2D eigenvalue weighted by molar-refractivity contribution is -0.385. The first kappa shape index (κ1) is 13.0. The van der Waals surface area contributed by atoms with Crippen molar-refractivity contribution in [3.05, 3.63) is 50.7 Å². The van der Waals surface area contributed by atoms with Crippen molar-refractivity contribution in [1.82, 2.24) is 10.2 Å². The number of nitrogens with zero attached hydrogens (tertiary/aromatic N) is 2. The van der Waals surface area contributed by atoms with Crippen LogP contribution in [0.4, 0.5) is 11.5 Å². The molecule has 2 aromatic rings. The predicted octanol–water partition coefficient (Wildman–Crippen LogP) is 2.53. The average molecular weight is 281 g/mol. The Balaban J connectivity index is 2.39. The molecule has 0 atom stereocenters. The second-order valence-corrected chi connectivity index (χ2v) is 4.18. The number of halogens is 1. The number of nitrogens with one attached hydrogen (secondary N) is 2. The van der Waals surface area contributed by atoms with Crippen LogP contribution in [0.15, 0.2) is 24.4 Å². The Bertz CT molecular complexity index is 653. The second kappa shape index (κ2) is 5.07. The summed E-state index contributed by atoms with van der Waals surface area (Å²) < 4.78 is 0. The van der Waals surface area contributed by atoms with Gasteiger partial charge in [0.1, 0.15) is 11.4 Å². The van der Waals surface area contributed by atoms with Gasteiger partial charge in [0.05, 0.1) is 16.1 Å². The molecule has 0 aliphatic heterocycles. The molecular formula is C11H9ClN4O3. The first-order chi connectivity index (χ1) is 9.00. The first-order valence-corrected chi connectivity index (χ1v) is 5.62. The highest BCUT2D eigenvalue weighted by atomic mass is 35.5. The number of anilines is 1. The van der Waals surface area contributed by atoms with E-state index in [2.05, 4.69) is 15.5 Å². The Hall–Kier alpha value is -2.41. The summed E-state index contributed by atoms with van der Waals surface area (Å²) in [6.45, 7) is 1.74. The maximum Gasteiger partial charge on any atom is 0.283 e. The fourth-order valence-electron chi connectivity index (χ4n) is 1.54. The van der Waals surface area contributed by atoms with Crippen LogP contribution in [-0.4, -0.2) is 21.0 Å². The van der Waals surface area contributed by atoms with E-state index in [0.29, 0.717) is 11.4 Å². The van der Waals surface area contributed by atoms with Gasteiger partial charge in [0, 0.05) is 11.6 Å². The maximum atomic E-state index is 12.1. The molecule has 8 heteroatoms. The van der Waals surface area contributed by atoms with E-state index < -0.39 is 10.8 Å². The molecule has 1 aromatic heterocycles. The van der Waals surface area contributed by atoms with Crippen LogP contribution in [-0.2, 0) is 0 Å². The standard InChI is InChI=1S/C11H9ClN4O3/c1-6-5-13-15-10(6)14-11(17)9-7(12)3-2-4-8(9)16(18)19/h2-5H,1H3,(H2,13,14,15,17). The highest BCUT2D eigenvalue weighted by molar-refractivity contribution is 6.35. The maximum absolute atomic E-state index is 12.1. The fraction of sp³-hybridized carbons (Fsp3) is 0.0909. The number of rotatable bonds is 3. The number of aromatic nitrogens is 2. The molecule has 0 bridgehead atoms. The number of aromatic amines is 1. The summed E-state index contributed by atoms with van der Waals surface area (Å²) in [5.74, 6) is -0.288. The molecule has 1 aromatic carbocycles. The Labute approximate surface area is 112 Å². The highest BCUT2D eigenvalue weighted by Gasteiger charge is 2.23. The van der Waals surface area contributed by atoms with Gasteiger partial charge in [-0.2, -0.15) is 5.10 Å². The summed E-state index contributed by atoms with van der Waals surface area (Å²) >= 11 is 5.86. The lowest BCUT2D eigenvalue weighted by Gasteiger charge is -2.06. The van der Waals surface area contributed by atoms with E-state index in [1.165, 1.54) is 24.4 Å². The number of hydrogen-bond donors (Lipinski definition) is 2.